The standard InChI is InChI=1S/C14H21BrN4O2/c1-21-12-2-3-13(15)11(8-12)9-18-4-6-19(7-5-18)10-14(16)17-20/h2-3,8,20H,4-7,9-10H2,1H3,(H2,16,17). The normalized spacial score (nSPS) is 17.9. The Morgan fingerprint density at radius 3 is 2.62 bits per heavy atom. The molecular formula is C14H21BrN4O2. The summed E-state index contributed by atoms with van der Waals surface area (Å²) in [7, 11) is 1.68. The number of benzene rings is 1. The monoisotopic (exact) mass is 356 g/mol. The van der Waals surface area contributed by atoms with E-state index in [9.17, 15) is 0 Å². The second kappa shape index (κ2) is 7.63. The zero-order chi connectivity index (χ0) is 15.2. The molecule has 3 N–H and O–H groups in total. The van der Waals surface area contributed by atoms with Gasteiger partial charge in [0.05, 0.1) is 13.7 Å². The summed E-state index contributed by atoms with van der Waals surface area (Å²) in [5.74, 6) is 1.14. The van der Waals surface area contributed by atoms with E-state index in [1.165, 1.54) is 5.56 Å². The topological polar surface area (TPSA) is 74.3 Å². The quantitative estimate of drug-likeness (QED) is 0.360. The van der Waals surface area contributed by atoms with Gasteiger partial charge in [0, 0.05) is 37.2 Å². The van der Waals surface area contributed by atoms with Gasteiger partial charge < -0.3 is 15.7 Å². The molecule has 1 aromatic rings. The number of amidine groups is 1. The molecular weight excluding hydrogens is 336 g/mol. The van der Waals surface area contributed by atoms with Crippen LogP contribution in [0.2, 0.25) is 0 Å². The fourth-order valence-electron chi connectivity index (χ4n) is 2.41. The molecule has 1 aromatic carbocycles. The molecule has 2 rings (SSSR count). The molecule has 1 aliphatic heterocycles. The van der Waals surface area contributed by atoms with E-state index in [0.717, 1.165) is 42.9 Å². The first-order valence-electron chi connectivity index (χ1n) is 6.86. The highest BCUT2D eigenvalue weighted by molar-refractivity contribution is 9.10. The van der Waals surface area contributed by atoms with E-state index in [-0.39, 0.29) is 5.84 Å². The fourth-order valence-corrected chi connectivity index (χ4v) is 2.78. The number of nitrogens with two attached hydrogens (primary N) is 1. The number of rotatable bonds is 5. The van der Waals surface area contributed by atoms with Gasteiger partial charge in [0.25, 0.3) is 0 Å². The number of piperazine rings is 1. The highest BCUT2D eigenvalue weighted by Crippen LogP contribution is 2.24. The van der Waals surface area contributed by atoms with Gasteiger partial charge in [-0.1, -0.05) is 21.1 Å². The molecule has 0 aliphatic carbocycles. The van der Waals surface area contributed by atoms with Crippen LogP contribution >= 0.6 is 15.9 Å². The van der Waals surface area contributed by atoms with E-state index in [0.29, 0.717) is 6.54 Å². The van der Waals surface area contributed by atoms with Gasteiger partial charge in [0.1, 0.15) is 5.75 Å². The van der Waals surface area contributed by atoms with Gasteiger partial charge in [0.15, 0.2) is 5.84 Å². The Labute approximate surface area is 133 Å². The lowest BCUT2D eigenvalue weighted by molar-refractivity contribution is 0.138. The van der Waals surface area contributed by atoms with Gasteiger partial charge in [-0.2, -0.15) is 0 Å². The van der Waals surface area contributed by atoms with Crippen molar-refractivity contribution in [3.05, 3.63) is 28.2 Å². The Balaban J connectivity index is 1.89. The Morgan fingerprint density at radius 1 is 1.33 bits per heavy atom. The molecule has 0 saturated carbocycles. The summed E-state index contributed by atoms with van der Waals surface area (Å²) in [5.41, 5.74) is 6.76. The summed E-state index contributed by atoms with van der Waals surface area (Å²) in [5, 5.41) is 11.6. The van der Waals surface area contributed by atoms with Gasteiger partial charge in [-0.05, 0) is 23.8 Å². The second-order valence-electron chi connectivity index (χ2n) is 5.10. The fraction of sp³-hybridized carbons (Fsp3) is 0.500. The molecule has 0 radical (unpaired) electrons. The molecule has 1 saturated heterocycles. The van der Waals surface area contributed by atoms with E-state index in [2.05, 4.69) is 37.0 Å². The summed E-state index contributed by atoms with van der Waals surface area (Å²) < 4.78 is 6.37. The second-order valence-corrected chi connectivity index (χ2v) is 5.96. The molecule has 0 amide bonds. The smallest absolute Gasteiger partial charge is 0.153 e. The van der Waals surface area contributed by atoms with Crippen LogP contribution in [0.3, 0.4) is 0 Å². The Kier molecular flexibility index (Phi) is 5.84. The van der Waals surface area contributed by atoms with Crippen LogP contribution in [0.15, 0.2) is 27.8 Å². The summed E-state index contributed by atoms with van der Waals surface area (Å²) in [6.45, 7) is 5.16. The zero-order valence-corrected chi connectivity index (χ0v) is 13.7. The summed E-state index contributed by atoms with van der Waals surface area (Å²) >= 11 is 3.59. The minimum Gasteiger partial charge on any atom is -0.497 e. The molecule has 116 valence electrons. The van der Waals surface area contributed by atoms with Gasteiger partial charge in [0.2, 0.25) is 0 Å². The van der Waals surface area contributed by atoms with E-state index in [1.54, 1.807) is 7.11 Å². The van der Waals surface area contributed by atoms with Crippen molar-refractivity contribution in [1.82, 2.24) is 9.80 Å². The molecule has 0 bridgehead atoms. The van der Waals surface area contributed by atoms with E-state index in [1.807, 2.05) is 12.1 Å². The summed E-state index contributed by atoms with van der Waals surface area (Å²) in [4.78, 5) is 4.58. The van der Waals surface area contributed by atoms with Crippen LogP contribution in [0.1, 0.15) is 5.56 Å². The number of nitrogens with zero attached hydrogens (tertiary/aromatic N) is 3. The first-order valence-corrected chi connectivity index (χ1v) is 7.65. The van der Waals surface area contributed by atoms with Crippen LogP contribution in [-0.2, 0) is 6.54 Å². The van der Waals surface area contributed by atoms with Crippen LogP contribution < -0.4 is 10.5 Å². The largest absolute Gasteiger partial charge is 0.497 e. The van der Waals surface area contributed by atoms with E-state index in [4.69, 9.17) is 15.7 Å². The number of halogens is 1. The number of hydrogen-bond donors (Lipinski definition) is 2. The van der Waals surface area contributed by atoms with Crippen LogP contribution in [0.5, 0.6) is 5.75 Å². The predicted molar refractivity (Wildman–Crippen MR) is 85.8 cm³/mol. The molecule has 1 aliphatic rings. The molecule has 21 heavy (non-hydrogen) atoms. The van der Waals surface area contributed by atoms with Crippen LogP contribution in [0.25, 0.3) is 0 Å². The van der Waals surface area contributed by atoms with Crippen molar-refractivity contribution in [3.8, 4) is 5.75 Å². The maximum absolute atomic E-state index is 8.60. The third-order valence-electron chi connectivity index (χ3n) is 3.63. The number of hydrogen-bond acceptors (Lipinski definition) is 5. The number of oxime groups is 1. The van der Waals surface area contributed by atoms with Crippen molar-refractivity contribution in [2.24, 2.45) is 10.9 Å². The van der Waals surface area contributed by atoms with Gasteiger partial charge in [-0.15, -0.1) is 0 Å². The molecule has 1 heterocycles. The maximum atomic E-state index is 8.60. The minimum atomic E-state index is 0.263. The van der Waals surface area contributed by atoms with Crippen molar-refractivity contribution in [3.63, 3.8) is 0 Å². The lowest BCUT2D eigenvalue weighted by Gasteiger charge is -2.34. The van der Waals surface area contributed by atoms with E-state index >= 15 is 0 Å². The lowest BCUT2D eigenvalue weighted by Crippen LogP contribution is -2.48. The van der Waals surface area contributed by atoms with Crippen LogP contribution in [0, 0.1) is 0 Å². The molecule has 0 atom stereocenters. The first-order chi connectivity index (χ1) is 10.1. The molecule has 0 spiro atoms. The van der Waals surface area contributed by atoms with Gasteiger partial charge in [-0.25, -0.2) is 0 Å². The Bertz CT molecular complexity index is 502. The van der Waals surface area contributed by atoms with Crippen molar-refractivity contribution in [1.29, 1.82) is 0 Å². The lowest BCUT2D eigenvalue weighted by atomic mass is 10.2. The van der Waals surface area contributed by atoms with Crippen molar-refractivity contribution in [2.45, 2.75) is 6.54 Å². The molecule has 1 fully saturated rings. The van der Waals surface area contributed by atoms with E-state index < -0.39 is 0 Å². The zero-order valence-electron chi connectivity index (χ0n) is 12.1. The van der Waals surface area contributed by atoms with Crippen molar-refractivity contribution < 1.29 is 9.94 Å². The molecule has 0 aromatic heterocycles. The highest BCUT2D eigenvalue weighted by atomic mass is 79.9. The predicted octanol–water partition coefficient (Wildman–Crippen LogP) is 1.32. The average molecular weight is 357 g/mol. The number of ether oxygens (including phenoxy) is 1. The van der Waals surface area contributed by atoms with Crippen molar-refractivity contribution >= 4 is 21.8 Å². The van der Waals surface area contributed by atoms with Crippen molar-refractivity contribution in [2.75, 3.05) is 39.8 Å². The molecule has 0 unspecified atom stereocenters. The summed E-state index contributed by atoms with van der Waals surface area (Å²) in [6.07, 6.45) is 0. The molecule has 6 nitrogen and oxygen atoms in total. The highest BCUT2D eigenvalue weighted by Gasteiger charge is 2.18. The Morgan fingerprint density at radius 2 is 2.00 bits per heavy atom. The third-order valence-corrected chi connectivity index (χ3v) is 4.40. The van der Waals surface area contributed by atoms with Gasteiger partial charge >= 0.3 is 0 Å². The third kappa shape index (κ3) is 4.59. The minimum absolute atomic E-state index is 0.263. The maximum Gasteiger partial charge on any atom is 0.153 e. The Hall–Kier alpha value is -1.31. The van der Waals surface area contributed by atoms with Gasteiger partial charge in [-0.3, -0.25) is 9.80 Å². The molecule has 7 heteroatoms. The number of methoxy groups -OCH3 is 1. The van der Waals surface area contributed by atoms with Crippen LogP contribution in [-0.4, -0.2) is 60.7 Å². The van der Waals surface area contributed by atoms with Crippen LogP contribution in [0.4, 0.5) is 0 Å². The first kappa shape index (κ1) is 16.1. The average Bonchev–Trinajstić information content (AvgIpc) is 2.51. The SMILES string of the molecule is COc1ccc(Br)c(CN2CCN(CC(N)=NO)CC2)c1. The summed E-state index contributed by atoms with van der Waals surface area (Å²) in [6, 6.07) is 6.03.